The van der Waals surface area contributed by atoms with Crippen LogP contribution in [0.2, 0.25) is 0 Å². The van der Waals surface area contributed by atoms with Gasteiger partial charge in [0.15, 0.2) is 0 Å². The molecular formula is C27H23N5O4S. The number of anilines is 3. The number of para-hydroxylation sites is 1. The largest absolute Gasteiger partial charge is 0.457 e. The van der Waals surface area contributed by atoms with Gasteiger partial charge in [0, 0.05) is 25.2 Å². The molecule has 0 saturated carbocycles. The first-order valence-electron chi connectivity index (χ1n) is 11.9. The number of hydrogen-bond donors (Lipinski definition) is 3. The monoisotopic (exact) mass is 513 g/mol. The fourth-order valence-electron chi connectivity index (χ4n) is 4.71. The molecule has 0 spiro atoms. The van der Waals surface area contributed by atoms with Gasteiger partial charge in [0.2, 0.25) is 0 Å². The SMILES string of the molecule is Cc1cc(Oc2ccccc2)ccc1N1C(=O)Nc2c(C(=O)NC3CNCC(=O)C3)sc3nccc1c23. The van der Waals surface area contributed by atoms with Gasteiger partial charge in [-0.3, -0.25) is 14.5 Å². The molecular weight excluding hydrogens is 490 g/mol. The molecule has 2 aliphatic rings. The smallest absolute Gasteiger partial charge is 0.331 e. The topological polar surface area (TPSA) is 113 Å². The van der Waals surface area contributed by atoms with Crippen molar-refractivity contribution in [1.29, 1.82) is 0 Å². The van der Waals surface area contributed by atoms with E-state index < -0.39 is 0 Å². The van der Waals surface area contributed by atoms with Gasteiger partial charge in [0.25, 0.3) is 5.91 Å². The number of thiophene rings is 1. The lowest BCUT2D eigenvalue weighted by Crippen LogP contribution is -2.49. The second-order valence-corrected chi connectivity index (χ2v) is 9.99. The van der Waals surface area contributed by atoms with E-state index in [1.54, 1.807) is 17.2 Å². The number of nitrogens with one attached hydrogen (secondary N) is 3. The Labute approximate surface area is 216 Å². The molecule has 1 saturated heterocycles. The zero-order valence-corrected chi connectivity index (χ0v) is 20.7. The third kappa shape index (κ3) is 4.30. The number of carbonyl (C=O) groups excluding carboxylic acids is 3. The minimum absolute atomic E-state index is 0.0534. The van der Waals surface area contributed by atoms with Crippen molar-refractivity contribution in [3.63, 3.8) is 0 Å². The highest BCUT2D eigenvalue weighted by Crippen LogP contribution is 2.46. The summed E-state index contributed by atoms with van der Waals surface area (Å²) in [6.45, 7) is 2.75. The van der Waals surface area contributed by atoms with Crippen LogP contribution in [0, 0.1) is 6.92 Å². The van der Waals surface area contributed by atoms with Gasteiger partial charge in [-0.1, -0.05) is 18.2 Å². The predicted octanol–water partition coefficient (Wildman–Crippen LogP) is 4.74. The predicted molar refractivity (Wildman–Crippen MR) is 142 cm³/mol. The van der Waals surface area contributed by atoms with Crippen LogP contribution in [0.15, 0.2) is 60.8 Å². The molecule has 6 rings (SSSR count). The van der Waals surface area contributed by atoms with Crippen LogP contribution in [-0.2, 0) is 4.79 Å². The maximum absolute atomic E-state index is 13.4. The van der Waals surface area contributed by atoms with E-state index in [2.05, 4.69) is 20.9 Å². The van der Waals surface area contributed by atoms with Crippen LogP contribution in [-0.4, -0.2) is 41.8 Å². The molecule has 0 aliphatic carbocycles. The van der Waals surface area contributed by atoms with Crippen molar-refractivity contribution in [2.45, 2.75) is 19.4 Å². The molecule has 3 amide bonds. The van der Waals surface area contributed by atoms with Crippen LogP contribution in [0.5, 0.6) is 11.5 Å². The number of nitrogens with zero attached hydrogens (tertiary/aromatic N) is 2. The molecule has 1 fully saturated rings. The summed E-state index contributed by atoms with van der Waals surface area (Å²) in [5, 5.41) is 9.55. The minimum atomic E-state index is -0.373. The Hall–Kier alpha value is -4.28. The number of aromatic nitrogens is 1. The lowest BCUT2D eigenvalue weighted by atomic mass is 10.1. The van der Waals surface area contributed by atoms with Crippen LogP contribution in [0.4, 0.5) is 21.9 Å². The average molecular weight is 514 g/mol. The second kappa shape index (κ2) is 9.30. The number of urea groups is 1. The van der Waals surface area contributed by atoms with Gasteiger partial charge in [0.05, 0.1) is 29.0 Å². The molecule has 0 bridgehead atoms. The second-order valence-electron chi connectivity index (χ2n) is 8.99. The Morgan fingerprint density at radius 2 is 1.95 bits per heavy atom. The van der Waals surface area contributed by atoms with Crippen molar-refractivity contribution in [3.05, 3.63) is 71.2 Å². The van der Waals surface area contributed by atoms with E-state index in [0.717, 1.165) is 11.3 Å². The molecule has 1 atom stereocenters. The van der Waals surface area contributed by atoms with Crippen LogP contribution in [0.3, 0.4) is 0 Å². The van der Waals surface area contributed by atoms with Gasteiger partial charge >= 0.3 is 6.03 Å². The highest BCUT2D eigenvalue weighted by molar-refractivity contribution is 7.21. The van der Waals surface area contributed by atoms with Crippen LogP contribution < -0.4 is 25.6 Å². The van der Waals surface area contributed by atoms with Gasteiger partial charge in [0.1, 0.15) is 27.0 Å². The van der Waals surface area contributed by atoms with E-state index in [-0.39, 0.29) is 30.2 Å². The van der Waals surface area contributed by atoms with E-state index in [4.69, 9.17) is 4.74 Å². The summed E-state index contributed by atoms with van der Waals surface area (Å²) >= 11 is 1.22. The first kappa shape index (κ1) is 23.1. The van der Waals surface area contributed by atoms with Gasteiger partial charge in [-0.2, -0.15) is 0 Å². The van der Waals surface area contributed by atoms with E-state index in [1.165, 1.54) is 11.3 Å². The zero-order valence-electron chi connectivity index (χ0n) is 19.9. The Kier molecular flexibility index (Phi) is 5.82. The average Bonchev–Trinajstić information content (AvgIpc) is 3.25. The molecule has 1 unspecified atom stereocenters. The Morgan fingerprint density at radius 1 is 1.11 bits per heavy atom. The normalized spacial score (nSPS) is 17.0. The van der Waals surface area contributed by atoms with Crippen LogP contribution in [0.1, 0.15) is 21.7 Å². The Balaban J connectivity index is 1.33. The molecule has 2 aromatic heterocycles. The number of carbonyl (C=O) groups is 3. The fourth-order valence-corrected chi connectivity index (χ4v) is 5.73. The number of rotatable bonds is 5. The van der Waals surface area contributed by atoms with E-state index in [1.807, 2.05) is 55.5 Å². The number of ether oxygens (including phenoxy) is 1. The van der Waals surface area contributed by atoms with Crippen LogP contribution in [0.25, 0.3) is 10.2 Å². The number of amides is 3. The zero-order chi connectivity index (χ0) is 25.5. The summed E-state index contributed by atoms with van der Waals surface area (Å²) in [7, 11) is 0. The van der Waals surface area contributed by atoms with Crippen molar-refractivity contribution in [1.82, 2.24) is 15.6 Å². The number of piperidine rings is 1. The number of ketones is 1. The van der Waals surface area contributed by atoms with Crippen LogP contribution >= 0.6 is 11.3 Å². The lowest BCUT2D eigenvalue weighted by molar-refractivity contribution is -0.119. The molecule has 186 valence electrons. The van der Waals surface area contributed by atoms with Gasteiger partial charge < -0.3 is 20.7 Å². The molecule has 3 N–H and O–H groups in total. The maximum Gasteiger partial charge on any atom is 0.331 e. The van der Waals surface area contributed by atoms with E-state index in [0.29, 0.717) is 51.0 Å². The van der Waals surface area contributed by atoms with E-state index >= 15 is 0 Å². The molecule has 0 radical (unpaired) electrons. The van der Waals surface area contributed by atoms with Gasteiger partial charge in [-0.05, 0) is 48.9 Å². The number of benzene rings is 2. The highest BCUT2D eigenvalue weighted by Gasteiger charge is 2.34. The molecule has 2 aromatic carbocycles. The first-order valence-corrected chi connectivity index (χ1v) is 12.7. The third-order valence-electron chi connectivity index (χ3n) is 6.36. The fraction of sp³-hybridized carbons (Fsp3) is 0.185. The van der Waals surface area contributed by atoms with Crippen molar-refractivity contribution < 1.29 is 19.1 Å². The first-order chi connectivity index (χ1) is 18.0. The maximum atomic E-state index is 13.4. The summed E-state index contributed by atoms with van der Waals surface area (Å²) in [6, 6.07) is 16.1. The minimum Gasteiger partial charge on any atom is -0.457 e. The summed E-state index contributed by atoms with van der Waals surface area (Å²) < 4.78 is 5.94. The Morgan fingerprint density at radius 3 is 2.73 bits per heavy atom. The summed E-state index contributed by atoms with van der Waals surface area (Å²) in [6.07, 6.45) is 1.92. The molecule has 4 aromatic rings. The standard InChI is InChI=1S/C27H23N5O4S/c1-15-11-19(36-18-5-3-2-4-6-18)7-8-20(15)32-21-9-10-29-26-22(21)23(31-27(32)35)24(37-26)25(34)30-16-12-17(33)14-28-13-16/h2-11,16,28H,12-14H2,1H3,(H,30,34)(H,31,35). The number of pyridine rings is 1. The highest BCUT2D eigenvalue weighted by atomic mass is 32.1. The molecule has 9 nitrogen and oxygen atoms in total. The summed E-state index contributed by atoms with van der Waals surface area (Å²) in [5.74, 6) is 1.11. The molecule has 4 heterocycles. The quantitative estimate of drug-likeness (QED) is 0.355. The summed E-state index contributed by atoms with van der Waals surface area (Å²) in [4.78, 5) is 45.4. The number of aryl methyl sites for hydroxylation is 1. The van der Waals surface area contributed by atoms with E-state index in [9.17, 15) is 14.4 Å². The van der Waals surface area contributed by atoms with Gasteiger partial charge in [-0.25, -0.2) is 9.78 Å². The van der Waals surface area contributed by atoms with Crippen molar-refractivity contribution in [3.8, 4) is 11.5 Å². The molecule has 10 heteroatoms. The van der Waals surface area contributed by atoms with Crippen molar-refractivity contribution in [2.75, 3.05) is 23.3 Å². The third-order valence-corrected chi connectivity index (χ3v) is 7.46. The van der Waals surface area contributed by atoms with Crippen molar-refractivity contribution >= 4 is 56.3 Å². The molecule has 37 heavy (non-hydrogen) atoms. The van der Waals surface area contributed by atoms with Gasteiger partial charge in [-0.15, -0.1) is 11.3 Å². The number of Topliss-reactive ketones (excluding diaryl/α,β-unsaturated/α-hetero) is 1. The lowest BCUT2D eigenvalue weighted by Gasteiger charge is -2.29. The number of hydrogen-bond acceptors (Lipinski definition) is 7. The van der Waals surface area contributed by atoms with Crippen molar-refractivity contribution in [2.24, 2.45) is 0 Å². The summed E-state index contributed by atoms with van der Waals surface area (Å²) in [5.41, 5.74) is 2.63. The molecule has 2 aliphatic heterocycles. The Bertz CT molecular complexity index is 1550.